The molecule has 1 aromatic heterocycles. The van der Waals surface area contributed by atoms with Crippen molar-refractivity contribution in [3.63, 3.8) is 0 Å². The first-order valence-electron chi connectivity index (χ1n) is 4.51. The Balaban J connectivity index is 2.41. The molecule has 5 heteroatoms. The molecule has 1 heterocycles. The van der Waals surface area contributed by atoms with Crippen molar-refractivity contribution in [1.82, 2.24) is 10.3 Å². The molecular formula is C10H12N2O3. The number of carbonyl (C=O) groups is 2. The van der Waals surface area contributed by atoms with Crippen LogP contribution in [0.2, 0.25) is 0 Å². The molecule has 0 saturated carbocycles. The second kappa shape index (κ2) is 5.87. The summed E-state index contributed by atoms with van der Waals surface area (Å²) in [6, 6.07) is 2.98. The molecule has 0 bridgehead atoms. The summed E-state index contributed by atoms with van der Waals surface area (Å²) in [5.74, 6) is -0.995. The van der Waals surface area contributed by atoms with Crippen molar-refractivity contribution in [3.05, 3.63) is 30.1 Å². The van der Waals surface area contributed by atoms with E-state index in [-0.39, 0.29) is 6.42 Å². The van der Waals surface area contributed by atoms with E-state index in [4.69, 9.17) is 5.11 Å². The summed E-state index contributed by atoms with van der Waals surface area (Å²) in [5.41, 5.74) is 0.912. The number of nitrogens with one attached hydrogen (secondary N) is 1. The number of hydrogen-bond donors (Lipinski definition) is 2. The molecule has 2 N–H and O–H groups in total. The molecule has 5 nitrogen and oxygen atoms in total. The van der Waals surface area contributed by atoms with Gasteiger partial charge in [-0.1, -0.05) is 6.07 Å². The van der Waals surface area contributed by atoms with E-state index in [1.807, 2.05) is 6.07 Å². The molecule has 0 spiro atoms. The molecule has 0 fully saturated rings. The van der Waals surface area contributed by atoms with Crippen molar-refractivity contribution in [2.75, 3.05) is 0 Å². The molecule has 1 rings (SSSR count). The summed E-state index contributed by atoms with van der Waals surface area (Å²) >= 11 is 0. The maximum Gasteiger partial charge on any atom is 0.305 e. The Kier molecular flexibility index (Phi) is 4.43. The predicted octanol–water partition coefficient (Wildman–Crippen LogP) is 0.213. The van der Waals surface area contributed by atoms with Gasteiger partial charge >= 0.3 is 5.97 Å². The van der Waals surface area contributed by atoms with E-state index in [0.717, 1.165) is 5.56 Å². The van der Waals surface area contributed by atoms with Crippen LogP contribution >= 0.6 is 0 Å². The Bertz CT molecular complexity index is 327. The lowest BCUT2D eigenvalue weighted by Gasteiger charge is -2.09. The van der Waals surface area contributed by atoms with Crippen LogP contribution in [0.4, 0.5) is 0 Å². The van der Waals surface area contributed by atoms with E-state index in [1.54, 1.807) is 18.5 Å². The standard InChI is InChI=1S/C10H12N2O3/c13-7-9(4-10(14)15)12-6-8-2-1-3-11-5-8/h1-3,5,7,9,12H,4,6H2,(H,14,15)/t9-/m0/s1. The molecule has 80 valence electrons. The van der Waals surface area contributed by atoms with E-state index in [9.17, 15) is 9.59 Å². The monoisotopic (exact) mass is 208 g/mol. The average Bonchev–Trinajstić information content (AvgIpc) is 2.25. The fraction of sp³-hybridized carbons (Fsp3) is 0.300. The van der Waals surface area contributed by atoms with Crippen LogP contribution in [-0.2, 0) is 16.1 Å². The number of carbonyl (C=O) groups excluding carboxylic acids is 1. The molecular weight excluding hydrogens is 196 g/mol. The lowest BCUT2D eigenvalue weighted by molar-refractivity contribution is -0.138. The van der Waals surface area contributed by atoms with E-state index in [1.165, 1.54) is 0 Å². The molecule has 0 aliphatic heterocycles. The predicted molar refractivity (Wildman–Crippen MR) is 53.2 cm³/mol. The van der Waals surface area contributed by atoms with Gasteiger partial charge in [0.2, 0.25) is 0 Å². The van der Waals surface area contributed by atoms with Crippen LogP contribution in [0.3, 0.4) is 0 Å². The first-order chi connectivity index (χ1) is 7.22. The van der Waals surface area contributed by atoms with Crippen molar-refractivity contribution in [1.29, 1.82) is 0 Å². The van der Waals surface area contributed by atoms with Crippen LogP contribution in [0.25, 0.3) is 0 Å². The highest BCUT2D eigenvalue weighted by molar-refractivity contribution is 5.73. The van der Waals surface area contributed by atoms with Crippen LogP contribution in [-0.4, -0.2) is 28.4 Å². The minimum absolute atomic E-state index is 0.205. The van der Waals surface area contributed by atoms with Gasteiger partial charge in [-0.15, -0.1) is 0 Å². The van der Waals surface area contributed by atoms with Gasteiger partial charge in [-0.05, 0) is 11.6 Å². The van der Waals surface area contributed by atoms with Gasteiger partial charge in [0.15, 0.2) is 0 Å². The SMILES string of the molecule is O=C[C@H](CC(=O)O)NCc1cccnc1. The summed E-state index contributed by atoms with van der Waals surface area (Å²) in [7, 11) is 0. The van der Waals surface area contributed by atoms with Crippen molar-refractivity contribution < 1.29 is 14.7 Å². The number of aliphatic carboxylic acids is 1. The van der Waals surface area contributed by atoms with Crippen LogP contribution in [0.5, 0.6) is 0 Å². The third-order valence-electron chi connectivity index (χ3n) is 1.85. The maximum atomic E-state index is 10.5. The first kappa shape index (κ1) is 11.3. The van der Waals surface area contributed by atoms with E-state index in [2.05, 4.69) is 10.3 Å². The van der Waals surface area contributed by atoms with Gasteiger partial charge in [-0.25, -0.2) is 0 Å². The third kappa shape index (κ3) is 4.33. The number of nitrogens with zero attached hydrogens (tertiary/aromatic N) is 1. The highest BCUT2D eigenvalue weighted by atomic mass is 16.4. The summed E-state index contributed by atoms with van der Waals surface area (Å²) in [4.78, 5) is 24.8. The zero-order valence-corrected chi connectivity index (χ0v) is 8.09. The molecule has 0 unspecified atom stereocenters. The smallest absolute Gasteiger partial charge is 0.305 e. The molecule has 0 amide bonds. The van der Waals surface area contributed by atoms with Crippen LogP contribution < -0.4 is 5.32 Å². The molecule has 1 atom stereocenters. The van der Waals surface area contributed by atoms with E-state index in [0.29, 0.717) is 12.8 Å². The minimum atomic E-state index is -0.995. The quantitative estimate of drug-likeness (QED) is 0.653. The number of hydrogen-bond acceptors (Lipinski definition) is 4. The normalized spacial score (nSPS) is 12.0. The molecule has 0 aliphatic rings. The van der Waals surface area contributed by atoms with Crippen molar-refractivity contribution >= 4 is 12.3 Å². The number of rotatable bonds is 6. The lowest BCUT2D eigenvalue weighted by Crippen LogP contribution is -2.32. The summed E-state index contributed by atoms with van der Waals surface area (Å²) < 4.78 is 0. The Morgan fingerprint density at radius 2 is 2.47 bits per heavy atom. The number of aromatic nitrogens is 1. The molecule has 0 radical (unpaired) electrons. The Labute approximate surface area is 87.1 Å². The number of pyridine rings is 1. The highest BCUT2D eigenvalue weighted by Crippen LogP contribution is 1.96. The van der Waals surface area contributed by atoms with Gasteiger partial charge < -0.3 is 15.2 Å². The second-order valence-electron chi connectivity index (χ2n) is 3.08. The fourth-order valence-electron chi connectivity index (χ4n) is 1.11. The Morgan fingerprint density at radius 3 is 3.00 bits per heavy atom. The summed E-state index contributed by atoms with van der Waals surface area (Å²) in [6.07, 6.45) is 3.71. The van der Waals surface area contributed by atoms with Crippen molar-refractivity contribution in [2.45, 2.75) is 19.0 Å². The maximum absolute atomic E-state index is 10.5. The zero-order chi connectivity index (χ0) is 11.1. The van der Waals surface area contributed by atoms with E-state index < -0.39 is 12.0 Å². The molecule has 1 aromatic rings. The summed E-state index contributed by atoms with van der Waals surface area (Å²) in [6.45, 7) is 0.435. The zero-order valence-electron chi connectivity index (χ0n) is 8.09. The third-order valence-corrected chi connectivity index (χ3v) is 1.85. The minimum Gasteiger partial charge on any atom is -0.481 e. The second-order valence-corrected chi connectivity index (χ2v) is 3.08. The first-order valence-corrected chi connectivity index (χ1v) is 4.51. The number of aldehydes is 1. The van der Waals surface area contributed by atoms with Crippen molar-refractivity contribution in [2.24, 2.45) is 0 Å². The van der Waals surface area contributed by atoms with Gasteiger partial charge in [0.05, 0.1) is 12.5 Å². The van der Waals surface area contributed by atoms with Crippen LogP contribution in [0.15, 0.2) is 24.5 Å². The number of carboxylic acids is 1. The van der Waals surface area contributed by atoms with Crippen LogP contribution in [0.1, 0.15) is 12.0 Å². The van der Waals surface area contributed by atoms with Crippen LogP contribution in [0, 0.1) is 0 Å². The number of carboxylic acid groups (broad SMARTS) is 1. The van der Waals surface area contributed by atoms with E-state index >= 15 is 0 Å². The van der Waals surface area contributed by atoms with Crippen molar-refractivity contribution in [3.8, 4) is 0 Å². The van der Waals surface area contributed by atoms with Gasteiger partial charge in [0.1, 0.15) is 6.29 Å². The Morgan fingerprint density at radius 1 is 1.67 bits per heavy atom. The fourth-order valence-corrected chi connectivity index (χ4v) is 1.11. The van der Waals surface area contributed by atoms with Gasteiger partial charge in [-0.2, -0.15) is 0 Å². The van der Waals surface area contributed by atoms with Gasteiger partial charge in [0.25, 0.3) is 0 Å². The van der Waals surface area contributed by atoms with Gasteiger partial charge in [0, 0.05) is 18.9 Å². The largest absolute Gasteiger partial charge is 0.481 e. The summed E-state index contributed by atoms with van der Waals surface area (Å²) in [5, 5.41) is 11.3. The molecule has 0 aliphatic carbocycles. The lowest BCUT2D eigenvalue weighted by atomic mass is 10.2. The molecule has 15 heavy (non-hydrogen) atoms. The molecule has 0 aromatic carbocycles. The van der Waals surface area contributed by atoms with Gasteiger partial charge in [-0.3, -0.25) is 9.78 Å². The Hall–Kier alpha value is -1.75. The topological polar surface area (TPSA) is 79.3 Å². The average molecular weight is 208 g/mol. The highest BCUT2D eigenvalue weighted by Gasteiger charge is 2.10. The molecule has 0 saturated heterocycles.